The van der Waals surface area contributed by atoms with Crippen LogP contribution in [0.3, 0.4) is 0 Å². The lowest BCUT2D eigenvalue weighted by molar-refractivity contribution is -0.384. The Bertz CT molecular complexity index is 656. The summed E-state index contributed by atoms with van der Waals surface area (Å²) in [6, 6.07) is 3.73. The first-order valence-electron chi connectivity index (χ1n) is 8.29. The summed E-state index contributed by atoms with van der Waals surface area (Å²) in [7, 11) is 1.19. The lowest BCUT2D eigenvalue weighted by atomic mass is 9.85. The van der Waals surface area contributed by atoms with E-state index in [4.69, 9.17) is 0 Å². The number of benzene rings is 1. The van der Waals surface area contributed by atoms with Gasteiger partial charge in [0, 0.05) is 24.2 Å². The molecule has 2 unspecified atom stereocenters. The van der Waals surface area contributed by atoms with E-state index in [1.54, 1.807) is 0 Å². The average Bonchev–Trinajstić information content (AvgIpc) is 2.61. The number of carbonyl (C=O) groups is 2. The maximum Gasteiger partial charge on any atom is 0.338 e. The van der Waals surface area contributed by atoms with Crippen LogP contribution in [0.2, 0.25) is 0 Å². The quantitative estimate of drug-likeness (QED) is 0.463. The van der Waals surface area contributed by atoms with E-state index in [2.05, 4.69) is 15.4 Å². The second kappa shape index (κ2) is 8.57. The van der Waals surface area contributed by atoms with Gasteiger partial charge in [0.05, 0.1) is 17.6 Å². The summed E-state index contributed by atoms with van der Waals surface area (Å²) in [5.74, 6) is -0.281. The third-order valence-corrected chi connectivity index (χ3v) is 4.48. The van der Waals surface area contributed by atoms with Gasteiger partial charge in [-0.25, -0.2) is 4.79 Å². The van der Waals surface area contributed by atoms with Crippen molar-refractivity contribution in [2.75, 3.05) is 25.5 Å². The van der Waals surface area contributed by atoms with Crippen molar-refractivity contribution in [2.45, 2.75) is 26.2 Å². The Kier molecular flexibility index (Phi) is 6.46. The van der Waals surface area contributed by atoms with Gasteiger partial charge in [-0.1, -0.05) is 6.92 Å². The number of non-ortho nitro benzene ring substituents is 1. The SMILES string of the molecule is COC(=O)c1cc(NC(=O)CC(C)C2CCCNC2)cc([N+](=O)[O-])c1. The van der Waals surface area contributed by atoms with Crippen molar-refractivity contribution in [1.29, 1.82) is 0 Å². The Balaban J connectivity index is 2.07. The van der Waals surface area contributed by atoms with Gasteiger partial charge in [-0.3, -0.25) is 14.9 Å². The van der Waals surface area contributed by atoms with Crippen molar-refractivity contribution >= 4 is 23.3 Å². The van der Waals surface area contributed by atoms with E-state index in [0.717, 1.165) is 32.0 Å². The van der Waals surface area contributed by atoms with E-state index in [9.17, 15) is 19.7 Å². The maximum absolute atomic E-state index is 12.3. The molecule has 8 heteroatoms. The van der Waals surface area contributed by atoms with Gasteiger partial charge in [-0.15, -0.1) is 0 Å². The normalized spacial score (nSPS) is 18.2. The number of methoxy groups -OCH3 is 1. The zero-order chi connectivity index (χ0) is 18.4. The Morgan fingerprint density at radius 3 is 2.80 bits per heavy atom. The molecule has 2 N–H and O–H groups in total. The van der Waals surface area contributed by atoms with Crippen LogP contribution in [0.15, 0.2) is 18.2 Å². The lowest BCUT2D eigenvalue weighted by Crippen LogP contribution is -2.34. The third-order valence-electron chi connectivity index (χ3n) is 4.48. The van der Waals surface area contributed by atoms with Crippen LogP contribution in [0.4, 0.5) is 11.4 Å². The van der Waals surface area contributed by atoms with Gasteiger partial charge < -0.3 is 15.4 Å². The van der Waals surface area contributed by atoms with E-state index in [1.165, 1.54) is 19.2 Å². The number of piperidine rings is 1. The highest BCUT2D eigenvalue weighted by molar-refractivity contribution is 5.95. The Labute approximate surface area is 146 Å². The van der Waals surface area contributed by atoms with Crippen molar-refractivity contribution in [3.05, 3.63) is 33.9 Å². The minimum absolute atomic E-state index is 0.0246. The predicted octanol–water partition coefficient (Wildman–Crippen LogP) is 2.35. The molecular formula is C17H23N3O5. The molecule has 0 spiro atoms. The average molecular weight is 349 g/mol. The molecule has 0 aliphatic carbocycles. The van der Waals surface area contributed by atoms with Crippen LogP contribution < -0.4 is 10.6 Å². The monoisotopic (exact) mass is 349 g/mol. The molecule has 1 aliphatic heterocycles. The summed E-state index contributed by atoms with van der Waals surface area (Å²) < 4.78 is 4.59. The topological polar surface area (TPSA) is 111 Å². The number of carbonyl (C=O) groups excluding carboxylic acids is 2. The first-order chi connectivity index (χ1) is 11.9. The number of nitrogens with one attached hydrogen (secondary N) is 2. The first-order valence-corrected chi connectivity index (χ1v) is 8.29. The van der Waals surface area contributed by atoms with Crippen LogP contribution in [0, 0.1) is 22.0 Å². The molecular weight excluding hydrogens is 326 g/mol. The van der Waals surface area contributed by atoms with Crippen LogP contribution >= 0.6 is 0 Å². The minimum Gasteiger partial charge on any atom is -0.465 e. The fourth-order valence-electron chi connectivity index (χ4n) is 3.06. The molecule has 1 fully saturated rings. The highest BCUT2D eigenvalue weighted by Crippen LogP contribution is 2.25. The predicted molar refractivity (Wildman–Crippen MR) is 92.4 cm³/mol. The highest BCUT2D eigenvalue weighted by Gasteiger charge is 2.23. The second-order valence-electron chi connectivity index (χ2n) is 6.35. The van der Waals surface area contributed by atoms with Crippen LogP contribution in [-0.2, 0) is 9.53 Å². The molecule has 136 valence electrons. The molecule has 1 aliphatic rings. The molecule has 2 atom stereocenters. The van der Waals surface area contributed by atoms with Crippen LogP contribution in [-0.4, -0.2) is 37.0 Å². The molecule has 1 amide bonds. The van der Waals surface area contributed by atoms with Crippen molar-refractivity contribution in [3.63, 3.8) is 0 Å². The summed E-state index contributed by atoms with van der Waals surface area (Å²) in [6.45, 7) is 3.95. The van der Waals surface area contributed by atoms with E-state index in [0.29, 0.717) is 12.3 Å². The smallest absolute Gasteiger partial charge is 0.338 e. The Morgan fingerprint density at radius 1 is 1.44 bits per heavy atom. The van der Waals surface area contributed by atoms with Crippen molar-refractivity contribution in [3.8, 4) is 0 Å². The van der Waals surface area contributed by atoms with Gasteiger partial charge in [0.1, 0.15) is 0 Å². The van der Waals surface area contributed by atoms with Gasteiger partial charge in [0.2, 0.25) is 5.91 Å². The molecule has 1 aromatic rings. The number of rotatable bonds is 6. The van der Waals surface area contributed by atoms with Crippen LogP contribution in [0.25, 0.3) is 0 Å². The maximum atomic E-state index is 12.3. The number of nitro groups is 1. The molecule has 2 rings (SSSR count). The van der Waals surface area contributed by atoms with Gasteiger partial charge in [0.25, 0.3) is 5.69 Å². The van der Waals surface area contributed by atoms with Crippen molar-refractivity contribution in [1.82, 2.24) is 5.32 Å². The zero-order valence-corrected chi connectivity index (χ0v) is 14.4. The highest BCUT2D eigenvalue weighted by atomic mass is 16.6. The second-order valence-corrected chi connectivity index (χ2v) is 6.35. The van der Waals surface area contributed by atoms with Gasteiger partial charge in [-0.05, 0) is 43.8 Å². The Hall–Kier alpha value is -2.48. The molecule has 25 heavy (non-hydrogen) atoms. The van der Waals surface area contributed by atoms with Gasteiger partial charge in [0.15, 0.2) is 0 Å². The number of esters is 1. The molecule has 0 radical (unpaired) electrons. The number of ether oxygens (including phenoxy) is 1. The number of hydrogen-bond donors (Lipinski definition) is 2. The summed E-state index contributed by atoms with van der Waals surface area (Å²) >= 11 is 0. The molecule has 0 aromatic heterocycles. The van der Waals surface area contributed by atoms with Crippen LogP contribution in [0.1, 0.15) is 36.5 Å². The standard InChI is InChI=1S/C17H23N3O5/c1-11(12-4-3-5-18-10-12)6-16(21)19-14-7-13(17(22)25-2)8-15(9-14)20(23)24/h7-9,11-12,18H,3-6,10H2,1-2H3,(H,19,21). The van der Waals surface area contributed by atoms with E-state index >= 15 is 0 Å². The lowest BCUT2D eigenvalue weighted by Gasteiger charge is -2.28. The van der Waals surface area contributed by atoms with Crippen molar-refractivity contribution in [2.24, 2.45) is 11.8 Å². The largest absolute Gasteiger partial charge is 0.465 e. The van der Waals surface area contributed by atoms with E-state index < -0.39 is 10.9 Å². The molecule has 8 nitrogen and oxygen atoms in total. The zero-order valence-electron chi connectivity index (χ0n) is 14.4. The first kappa shape index (κ1) is 18.9. The Morgan fingerprint density at radius 2 is 2.20 bits per heavy atom. The molecule has 1 aromatic carbocycles. The summed E-state index contributed by atoms with van der Waals surface area (Å²) in [5.41, 5.74) is -0.0344. The molecule has 1 saturated heterocycles. The number of amides is 1. The minimum atomic E-state index is -0.694. The van der Waals surface area contributed by atoms with Crippen molar-refractivity contribution < 1.29 is 19.2 Å². The third kappa shape index (κ3) is 5.25. The van der Waals surface area contributed by atoms with Gasteiger partial charge in [-0.2, -0.15) is 0 Å². The molecule has 1 heterocycles. The summed E-state index contributed by atoms with van der Waals surface area (Å²) in [4.78, 5) is 34.3. The van der Waals surface area contributed by atoms with Crippen LogP contribution in [0.5, 0.6) is 0 Å². The summed E-state index contributed by atoms with van der Waals surface area (Å²) in [6.07, 6.45) is 2.51. The summed E-state index contributed by atoms with van der Waals surface area (Å²) in [5, 5.41) is 17.0. The molecule has 0 saturated carbocycles. The fourth-order valence-corrected chi connectivity index (χ4v) is 3.06. The van der Waals surface area contributed by atoms with Gasteiger partial charge >= 0.3 is 5.97 Å². The fraction of sp³-hybridized carbons (Fsp3) is 0.529. The van der Waals surface area contributed by atoms with E-state index in [-0.39, 0.29) is 28.8 Å². The number of nitro benzene ring substituents is 1. The molecule has 0 bridgehead atoms. The van der Waals surface area contributed by atoms with E-state index in [1.807, 2.05) is 6.92 Å². The number of nitrogens with zero attached hydrogens (tertiary/aromatic N) is 1. The number of hydrogen-bond acceptors (Lipinski definition) is 6. The number of anilines is 1.